The van der Waals surface area contributed by atoms with Crippen molar-refractivity contribution >= 4 is 15.9 Å². The predicted octanol–water partition coefficient (Wildman–Crippen LogP) is 4.93. The van der Waals surface area contributed by atoms with Gasteiger partial charge in [-0.1, -0.05) is 49.7 Å². The van der Waals surface area contributed by atoms with Crippen LogP contribution in [0.15, 0.2) is 22.7 Å². The van der Waals surface area contributed by atoms with E-state index in [4.69, 9.17) is 4.74 Å². The number of halogens is 1. The number of benzene rings is 1. The molecule has 1 aliphatic heterocycles. The summed E-state index contributed by atoms with van der Waals surface area (Å²) < 4.78 is 6.95. The molecule has 0 bridgehead atoms. The first-order valence-corrected chi connectivity index (χ1v) is 8.35. The Hall–Kier alpha value is -0.540. The molecule has 0 fully saturated rings. The summed E-state index contributed by atoms with van der Waals surface area (Å²) >= 11 is 3.53. The van der Waals surface area contributed by atoms with Crippen LogP contribution in [0.3, 0.4) is 0 Å². The molecule has 1 aromatic carbocycles. The monoisotopic (exact) mass is 339 g/mol. The van der Waals surface area contributed by atoms with Gasteiger partial charge in [0.05, 0.1) is 6.61 Å². The van der Waals surface area contributed by atoms with Crippen LogP contribution in [0.1, 0.15) is 52.1 Å². The molecule has 0 saturated carbocycles. The van der Waals surface area contributed by atoms with Crippen LogP contribution < -0.4 is 10.1 Å². The first-order chi connectivity index (χ1) is 9.40. The Labute approximate surface area is 131 Å². The molecule has 2 nitrogen and oxygen atoms in total. The predicted molar refractivity (Wildman–Crippen MR) is 88.2 cm³/mol. The number of ether oxygens (including phenoxy) is 1. The van der Waals surface area contributed by atoms with Crippen LogP contribution in [0, 0.1) is 11.3 Å². The highest BCUT2D eigenvalue weighted by atomic mass is 79.9. The van der Waals surface area contributed by atoms with E-state index in [1.807, 2.05) is 0 Å². The molecule has 2 rings (SSSR count). The van der Waals surface area contributed by atoms with Crippen molar-refractivity contribution in [1.29, 1.82) is 0 Å². The molecule has 0 aliphatic carbocycles. The summed E-state index contributed by atoms with van der Waals surface area (Å²) in [7, 11) is 0. The van der Waals surface area contributed by atoms with Gasteiger partial charge in [-0.3, -0.25) is 0 Å². The minimum Gasteiger partial charge on any atom is -0.493 e. The van der Waals surface area contributed by atoms with E-state index in [0.29, 0.717) is 17.4 Å². The lowest BCUT2D eigenvalue weighted by Gasteiger charge is -2.32. The van der Waals surface area contributed by atoms with Gasteiger partial charge in [0.1, 0.15) is 5.75 Å². The maximum absolute atomic E-state index is 5.87. The van der Waals surface area contributed by atoms with Gasteiger partial charge in [-0.2, -0.15) is 0 Å². The number of hydrogen-bond donors (Lipinski definition) is 1. The molecule has 20 heavy (non-hydrogen) atoms. The Morgan fingerprint density at radius 1 is 1.40 bits per heavy atom. The largest absolute Gasteiger partial charge is 0.493 e. The van der Waals surface area contributed by atoms with Crippen LogP contribution in [-0.4, -0.2) is 13.2 Å². The molecule has 1 aliphatic rings. The van der Waals surface area contributed by atoms with Gasteiger partial charge in [-0.25, -0.2) is 0 Å². The topological polar surface area (TPSA) is 21.3 Å². The molecular weight excluding hydrogens is 314 g/mol. The normalized spacial score (nSPS) is 19.4. The molecular formula is C17H26BrNO. The first kappa shape index (κ1) is 15.8. The van der Waals surface area contributed by atoms with Crippen molar-refractivity contribution in [3.05, 3.63) is 28.2 Å². The van der Waals surface area contributed by atoms with Gasteiger partial charge in [-0.05, 0) is 36.3 Å². The summed E-state index contributed by atoms with van der Waals surface area (Å²) in [6, 6.07) is 6.78. The molecule has 3 heteroatoms. The van der Waals surface area contributed by atoms with Crippen LogP contribution in [0.4, 0.5) is 0 Å². The van der Waals surface area contributed by atoms with E-state index in [2.05, 4.69) is 67.1 Å². The number of fused-ring (bicyclic) bond motifs is 1. The van der Waals surface area contributed by atoms with Crippen LogP contribution in [0.25, 0.3) is 0 Å². The van der Waals surface area contributed by atoms with Gasteiger partial charge < -0.3 is 10.1 Å². The molecule has 1 heterocycles. The van der Waals surface area contributed by atoms with E-state index in [1.54, 1.807) is 0 Å². The fraction of sp³-hybridized carbons (Fsp3) is 0.647. The SMILES string of the molecule is CC(C)C(C)(C)CNC1CCCOc2cc(Br)ccc21. The van der Waals surface area contributed by atoms with E-state index < -0.39 is 0 Å². The van der Waals surface area contributed by atoms with Gasteiger partial charge in [0.2, 0.25) is 0 Å². The van der Waals surface area contributed by atoms with E-state index in [0.717, 1.165) is 36.2 Å². The molecule has 1 aromatic rings. The highest BCUT2D eigenvalue weighted by Gasteiger charge is 2.25. The highest BCUT2D eigenvalue weighted by Crippen LogP contribution is 2.34. The summed E-state index contributed by atoms with van der Waals surface area (Å²) in [6.07, 6.45) is 2.24. The minimum absolute atomic E-state index is 0.308. The van der Waals surface area contributed by atoms with Gasteiger partial charge in [-0.15, -0.1) is 0 Å². The van der Waals surface area contributed by atoms with Crippen molar-refractivity contribution < 1.29 is 4.74 Å². The minimum atomic E-state index is 0.308. The fourth-order valence-corrected chi connectivity index (χ4v) is 2.69. The number of nitrogens with one attached hydrogen (secondary N) is 1. The van der Waals surface area contributed by atoms with Crippen LogP contribution in [0.5, 0.6) is 5.75 Å². The highest BCUT2D eigenvalue weighted by molar-refractivity contribution is 9.10. The Morgan fingerprint density at radius 3 is 2.85 bits per heavy atom. The van der Waals surface area contributed by atoms with Gasteiger partial charge in [0, 0.05) is 22.6 Å². The third kappa shape index (κ3) is 3.76. The van der Waals surface area contributed by atoms with Gasteiger partial charge in [0.15, 0.2) is 0 Å². The molecule has 0 radical (unpaired) electrons. The molecule has 0 saturated heterocycles. The lowest BCUT2D eigenvalue weighted by molar-refractivity contribution is 0.226. The Morgan fingerprint density at radius 2 is 2.15 bits per heavy atom. The summed E-state index contributed by atoms with van der Waals surface area (Å²) in [6.45, 7) is 11.1. The standard InChI is InChI=1S/C17H26BrNO/c1-12(2)17(3,4)11-19-15-6-5-9-20-16-10-13(18)7-8-14(15)16/h7-8,10,12,15,19H,5-6,9,11H2,1-4H3. The second-order valence-corrected chi connectivity index (χ2v) is 7.67. The lowest BCUT2D eigenvalue weighted by Crippen LogP contribution is -2.35. The maximum atomic E-state index is 5.87. The second-order valence-electron chi connectivity index (χ2n) is 6.75. The third-order valence-corrected chi connectivity index (χ3v) is 5.11. The lowest BCUT2D eigenvalue weighted by atomic mass is 9.81. The van der Waals surface area contributed by atoms with Crippen LogP contribution in [-0.2, 0) is 0 Å². The molecule has 0 spiro atoms. The molecule has 1 N–H and O–H groups in total. The second kappa shape index (κ2) is 6.48. The van der Waals surface area contributed by atoms with Crippen molar-refractivity contribution in [3.63, 3.8) is 0 Å². The zero-order chi connectivity index (χ0) is 14.8. The smallest absolute Gasteiger partial charge is 0.125 e. The molecule has 1 unspecified atom stereocenters. The van der Waals surface area contributed by atoms with Crippen molar-refractivity contribution in [3.8, 4) is 5.75 Å². The van der Waals surface area contributed by atoms with Gasteiger partial charge in [0.25, 0.3) is 0 Å². The van der Waals surface area contributed by atoms with Crippen LogP contribution in [0.2, 0.25) is 0 Å². The quantitative estimate of drug-likeness (QED) is 0.839. The molecule has 0 aromatic heterocycles. The Balaban J connectivity index is 2.13. The van der Waals surface area contributed by atoms with Crippen molar-refractivity contribution in [2.75, 3.05) is 13.2 Å². The van der Waals surface area contributed by atoms with Crippen molar-refractivity contribution in [2.45, 2.75) is 46.6 Å². The van der Waals surface area contributed by atoms with E-state index >= 15 is 0 Å². The van der Waals surface area contributed by atoms with Crippen LogP contribution >= 0.6 is 15.9 Å². The average Bonchev–Trinajstić information content (AvgIpc) is 2.58. The van der Waals surface area contributed by atoms with E-state index in [1.165, 1.54) is 5.56 Å². The maximum Gasteiger partial charge on any atom is 0.125 e. The molecule has 1 atom stereocenters. The van der Waals surface area contributed by atoms with E-state index in [-0.39, 0.29) is 0 Å². The van der Waals surface area contributed by atoms with E-state index in [9.17, 15) is 0 Å². The summed E-state index contributed by atoms with van der Waals surface area (Å²) in [4.78, 5) is 0. The third-order valence-electron chi connectivity index (χ3n) is 4.61. The summed E-state index contributed by atoms with van der Waals surface area (Å²) in [5.41, 5.74) is 1.60. The fourth-order valence-electron chi connectivity index (χ4n) is 2.35. The van der Waals surface area contributed by atoms with Gasteiger partial charge >= 0.3 is 0 Å². The number of hydrogen-bond acceptors (Lipinski definition) is 2. The Kier molecular flexibility index (Phi) is 5.14. The Bertz CT molecular complexity index is 456. The zero-order valence-electron chi connectivity index (χ0n) is 13.0. The van der Waals surface area contributed by atoms with Crippen molar-refractivity contribution in [2.24, 2.45) is 11.3 Å². The first-order valence-electron chi connectivity index (χ1n) is 7.56. The number of rotatable bonds is 4. The zero-order valence-corrected chi connectivity index (χ0v) is 14.6. The van der Waals surface area contributed by atoms with Crippen molar-refractivity contribution in [1.82, 2.24) is 5.32 Å². The molecule has 0 amide bonds. The summed E-state index contributed by atoms with van der Waals surface area (Å²) in [5, 5.41) is 3.76. The summed E-state index contributed by atoms with van der Waals surface area (Å²) in [5.74, 6) is 1.69. The molecule has 112 valence electrons. The average molecular weight is 340 g/mol.